The average molecular weight is 427 g/mol. The van der Waals surface area contributed by atoms with Crippen molar-refractivity contribution in [1.82, 2.24) is 10.0 Å². The Kier molecular flexibility index (Phi) is 6.92. The van der Waals surface area contributed by atoms with Crippen molar-refractivity contribution in [1.29, 1.82) is 0 Å². The zero-order valence-electron chi connectivity index (χ0n) is 14.9. The summed E-state index contributed by atoms with van der Waals surface area (Å²) in [5, 5.41) is 5.50. The molecule has 0 saturated heterocycles. The van der Waals surface area contributed by atoms with Crippen LogP contribution >= 0.6 is 22.9 Å². The number of carbonyl (C=O) groups is 1. The van der Waals surface area contributed by atoms with Gasteiger partial charge in [-0.3, -0.25) is 4.79 Å². The Morgan fingerprint density at radius 2 is 1.81 bits per heavy atom. The van der Waals surface area contributed by atoms with Crippen LogP contribution in [0.25, 0.3) is 0 Å². The van der Waals surface area contributed by atoms with E-state index >= 15 is 0 Å². The Labute approximate surface area is 169 Å². The van der Waals surface area contributed by atoms with Crippen molar-refractivity contribution in [3.8, 4) is 0 Å². The lowest BCUT2D eigenvalue weighted by Crippen LogP contribution is -2.35. The third kappa shape index (κ3) is 5.78. The molecule has 3 rings (SSSR count). The summed E-state index contributed by atoms with van der Waals surface area (Å²) in [6, 6.07) is 10.1. The SMILES string of the molecule is O=C(NCc1cccs1)C1CCC(CNS(=O)(=O)c2ccc(Cl)cc2)CC1. The van der Waals surface area contributed by atoms with Crippen molar-refractivity contribution in [2.45, 2.75) is 37.1 Å². The van der Waals surface area contributed by atoms with Crippen LogP contribution in [0.4, 0.5) is 0 Å². The van der Waals surface area contributed by atoms with E-state index in [1.807, 2.05) is 17.5 Å². The molecule has 0 aliphatic heterocycles. The first-order valence-electron chi connectivity index (χ1n) is 8.99. The molecular weight excluding hydrogens is 404 g/mol. The number of amides is 1. The van der Waals surface area contributed by atoms with Gasteiger partial charge in [0.2, 0.25) is 15.9 Å². The van der Waals surface area contributed by atoms with Crippen LogP contribution in [0.15, 0.2) is 46.7 Å². The Balaban J connectivity index is 1.42. The van der Waals surface area contributed by atoms with Gasteiger partial charge in [-0.05, 0) is 67.3 Å². The van der Waals surface area contributed by atoms with Gasteiger partial charge in [-0.1, -0.05) is 17.7 Å². The lowest BCUT2D eigenvalue weighted by Gasteiger charge is -2.27. The van der Waals surface area contributed by atoms with Gasteiger partial charge in [0.1, 0.15) is 0 Å². The van der Waals surface area contributed by atoms with E-state index in [2.05, 4.69) is 10.0 Å². The molecule has 1 aromatic carbocycles. The molecule has 5 nitrogen and oxygen atoms in total. The number of thiophene rings is 1. The van der Waals surface area contributed by atoms with Crippen molar-refractivity contribution < 1.29 is 13.2 Å². The maximum absolute atomic E-state index is 12.3. The van der Waals surface area contributed by atoms with Gasteiger partial charge in [-0.25, -0.2) is 13.1 Å². The normalized spacial score (nSPS) is 20.3. The fourth-order valence-electron chi connectivity index (χ4n) is 3.29. The van der Waals surface area contributed by atoms with E-state index in [9.17, 15) is 13.2 Å². The number of hydrogen-bond acceptors (Lipinski definition) is 4. The minimum absolute atomic E-state index is 0.0223. The van der Waals surface area contributed by atoms with E-state index in [1.165, 1.54) is 12.1 Å². The van der Waals surface area contributed by atoms with E-state index < -0.39 is 10.0 Å². The Morgan fingerprint density at radius 3 is 2.44 bits per heavy atom. The van der Waals surface area contributed by atoms with Crippen LogP contribution in [0.1, 0.15) is 30.6 Å². The van der Waals surface area contributed by atoms with E-state index in [0.29, 0.717) is 18.1 Å². The Hall–Kier alpha value is -1.41. The highest BCUT2D eigenvalue weighted by molar-refractivity contribution is 7.89. The molecule has 0 atom stereocenters. The summed E-state index contributed by atoms with van der Waals surface area (Å²) in [5.41, 5.74) is 0. The van der Waals surface area contributed by atoms with E-state index in [1.54, 1.807) is 23.5 Å². The molecule has 1 saturated carbocycles. The molecule has 2 N–H and O–H groups in total. The summed E-state index contributed by atoms with van der Waals surface area (Å²) >= 11 is 7.44. The fourth-order valence-corrected chi connectivity index (χ4v) is 5.17. The molecule has 0 spiro atoms. The van der Waals surface area contributed by atoms with Crippen molar-refractivity contribution in [2.24, 2.45) is 11.8 Å². The van der Waals surface area contributed by atoms with Crippen molar-refractivity contribution in [3.05, 3.63) is 51.7 Å². The molecule has 146 valence electrons. The van der Waals surface area contributed by atoms with Gasteiger partial charge in [0.05, 0.1) is 11.4 Å². The van der Waals surface area contributed by atoms with E-state index in [-0.39, 0.29) is 22.6 Å². The van der Waals surface area contributed by atoms with Crippen LogP contribution in [0, 0.1) is 11.8 Å². The molecule has 1 amide bonds. The highest BCUT2D eigenvalue weighted by Gasteiger charge is 2.27. The highest BCUT2D eigenvalue weighted by Crippen LogP contribution is 2.29. The van der Waals surface area contributed by atoms with Gasteiger partial charge in [-0.15, -0.1) is 11.3 Å². The summed E-state index contributed by atoms with van der Waals surface area (Å²) in [5.74, 6) is 0.381. The molecule has 2 aromatic rings. The summed E-state index contributed by atoms with van der Waals surface area (Å²) in [6.45, 7) is 0.978. The number of nitrogens with one attached hydrogen (secondary N) is 2. The second-order valence-corrected chi connectivity index (χ2v) is 10.1. The van der Waals surface area contributed by atoms with Gasteiger partial charge >= 0.3 is 0 Å². The second kappa shape index (κ2) is 9.19. The van der Waals surface area contributed by atoms with Crippen molar-refractivity contribution in [3.63, 3.8) is 0 Å². The van der Waals surface area contributed by atoms with Crippen LogP contribution in [-0.2, 0) is 21.4 Å². The van der Waals surface area contributed by atoms with Crippen LogP contribution < -0.4 is 10.0 Å². The van der Waals surface area contributed by atoms with Gasteiger partial charge in [0.15, 0.2) is 0 Å². The molecule has 8 heteroatoms. The molecule has 0 bridgehead atoms. The zero-order valence-corrected chi connectivity index (χ0v) is 17.2. The summed E-state index contributed by atoms with van der Waals surface area (Å²) < 4.78 is 27.4. The standard InChI is InChI=1S/C19H23ClN2O3S2/c20-16-7-9-18(10-8-16)27(24,25)22-12-14-3-5-15(6-4-14)19(23)21-13-17-2-1-11-26-17/h1-2,7-11,14-15,22H,3-6,12-13H2,(H,21,23). The minimum Gasteiger partial charge on any atom is -0.351 e. The average Bonchev–Trinajstić information content (AvgIpc) is 3.19. The molecule has 1 heterocycles. The predicted molar refractivity (Wildman–Crippen MR) is 108 cm³/mol. The second-order valence-electron chi connectivity index (χ2n) is 6.82. The largest absolute Gasteiger partial charge is 0.351 e. The van der Waals surface area contributed by atoms with E-state index in [0.717, 1.165) is 30.6 Å². The third-order valence-electron chi connectivity index (χ3n) is 4.92. The maximum atomic E-state index is 12.3. The fraction of sp³-hybridized carbons (Fsp3) is 0.421. The first-order chi connectivity index (χ1) is 12.9. The smallest absolute Gasteiger partial charge is 0.240 e. The quantitative estimate of drug-likeness (QED) is 0.707. The van der Waals surface area contributed by atoms with Gasteiger partial charge in [-0.2, -0.15) is 0 Å². The zero-order chi connectivity index (χ0) is 19.3. The molecule has 1 aliphatic rings. The molecule has 1 fully saturated rings. The van der Waals surface area contributed by atoms with Gasteiger partial charge in [0, 0.05) is 22.4 Å². The van der Waals surface area contributed by atoms with Gasteiger partial charge in [0.25, 0.3) is 0 Å². The number of rotatable bonds is 7. The lowest BCUT2D eigenvalue weighted by molar-refractivity contribution is -0.126. The molecule has 0 unspecified atom stereocenters. The van der Waals surface area contributed by atoms with Crippen LogP contribution in [0.5, 0.6) is 0 Å². The predicted octanol–water partition coefficient (Wildman–Crippen LogP) is 3.80. The molecule has 0 radical (unpaired) electrons. The Morgan fingerprint density at radius 1 is 1.11 bits per heavy atom. The summed E-state index contributed by atoms with van der Waals surface area (Å²) in [4.78, 5) is 13.7. The molecule has 27 heavy (non-hydrogen) atoms. The van der Waals surface area contributed by atoms with Crippen molar-refractivity contribution >= 4 is 38.9 Å². The van der Waals surface area contributed by atoms with Crippen LogP contribution in [-0.4, -0.2) is 20.9 Å². The van der Waals surface area contributed by atoms with E-state index in [4.69, 9.17) is 11.6 Å². The molecule has 1 aromatic heterocycles. The van der Waals surface area contributed by atoms with Crippen LogP contribution in [0.3, 0.4) is 0 Å². The monoisotopic (exact) mass is 426 g/mol. The van der Waals surface area contributed by atoms with Crippen molar-refractivity contribution in [2.75, 3.05) is 6.54 Å². The number of carbonyl (C=O) groups excluding carboxylic acids is 1. The summed E-state index contributed by atoms with van der Waals surface area (Å²) in [7, 11) is -3.53. The number of sulfonamides is 1. The number of benzene rings is 1. The lowest BCUT2D eigenvalue weighted by atomic mass is 9.81. The molecule has 1 aliphatic carbocycles. The third-order valence-corrected chi connectivity index (χ3v) is 7.49. The number of halogens is 1. The topological polar surface area (TPSA) is 75.3 Å². The number of hydrogen-bond donors (Lipinski definition) is 2. The van der Waals surface area contributed by atoms with Gasteiger partial charge < -0.3 is 5.32 Å². The summed E-state index contributed by atoms with van der Waals surface area (Å²) in [6.07, 6.45) is 3.29. The highest BCUT2D eigenvalue weighted by atomic mass is 35.5. The van der Waals surface area contributed by atoms with Crippen LogP contribution in [0.2, 0.25) is 5.02 Å². The maximum Gasteiger partial charge on any atom is 0.240 e. The minimum atomic E-state index is -3.53. The Bertz CT molecular complexity index is 844. The molecular formula is C19H23ClN2O3S2. The first-order valence-corrected chi connectivity index (χ1v) is 11.7. The first kappa shape index (κ1) is 20.3.